The molecule has 1 heterocycles. The van der Waals surface area contributed by atoms with E-state index in [1.807, 2.05) is 5.32 Å². The summed E-state index contributed by atoms with van der Waals surface area (Å²) in [5.41, 5.74) is 11.1. The second-order valence-corrected chi connectivity index (χ2v) is 7.19. The Morgan fingerprint density at radius 1 is 0.971 bits per heavy atom. The van der Waals surface area contributed by atoms with Gasteiger partial charge in [-0.25, -0.2) is 9.78 Å². The number of hydrogen-bond acceptors (Lipinski definition) is 9. The minimum absolute atomic E-state index is 0.0959. The number of imidazole rings is 1. The molecular weight excluding hydrogens is 458 g/mol. The Morgan fingerprint density at radius 3 is 2.06 bits per heavy atom. The third kappa shape index (κ3) is 9.61. The Bertz CT molecular complexity index is 890. The number of aliphatic hydroxyl groups is 1. The number of nitrogens with zero attached hydrogens (tertiary/aromatic N) is 1. The summed E-state index contributed by atoms with van der Waals surface area (Å²) in [6, 6.07) is -6.01. The molecule has 0 aliphatic heterocycles. The van der Waals surface area contributed by atoms with E-state index >= 15 is 0 Å². The quantitative estimate of drug-likeness (QED) is 0.114. The van der Waals surface area contributed by atoms with Gasteiger partial charge in [0.05, 0.1) is 25.4 Å². The third-order valence-electron chi connectivity index (χ3n) is 4.46. The van der Waals surface area contributed by atoms with Crippen LogP contribution in [0.5, 0.6) is 0 Å². The molecule has 0 fully saturated rings. The Balaban J connectivity index is 3.01. The van der Waals surface area contributed by atoms with Gasteiger partial charge in [0.15, 0.2) is 0 Å². The van der Waals surface area contributed by atoms with Gasteiger partial charge in [-0.3, -0.25) is 24.0 Å². The fraction of sp³-hybridized carbons (Fsp3) is 0.500. The lowest BCUT2D eigenvalue weighted by Gasteiger charge is -2.24. The van der Waals surface area contributed by atoms with E-state index in [0.29, 0.717) is 5.69 Å². The number of aliphatic carboxylic acids is 2. The van der Waals surface area contributed by atoms with Crippen LogP contribution in [0.25, 0.3) is 0 Å². The standard InChI is InChI=1S/C18H27N7O9/c19-9(1-2-13(20)27)15(30)23-10(3-8-5-21-7-22-8)16(31)24-11(4-14(28)29)17(32)25-12(6-26)18(33)34/h5,7,9-12,26H,1-4,6,19H2,(H2,20,27)(H,21,22)(H,23,30)(H,24,31)(H,25,32)(H,28,29)(H,33,34). The Morgan fingerprint density at radius 2 is 1.56 bits per heavy atom. The lowest BCUT2D eigenvalue weighted by molar-refractivity contribution is -0.144. The van der Waals surface area contributed by atoms with Crippen molar-refractivity contribution >= 4 is 35.6 Å². The minimum atomic E-state index is -1.73. The zero-order valence-corrected chi connectivity index (χ0v) is 17.9. The van der Waals surface area contributed by atoms with E-state index in [9.17, 15) is 28.8 Å². The van der Waals surface area contributed by atoms with Crippen LogP contribution in [-0.4, -0.2) is 91.6 Å². The first-order valence-electron chi connectivity index (χ1n) is 9.92. The predicted molar refractivity (Wildman–Crippen MR) is 111 cm³/mol. The maximum Gasteiger partial charge on any atom is 0.328 e. The van der Waals surface area contributed by atoms with E-state index in [4.69, 9.17) is 26.8 Å². The number of nitrogens with one attached hydrogen (secondary N) is 4. The number of primary amides is 1. The summed E-state index contributed by atoms with van der Waals surface area (Å²) >= 11 is 0. The van der Waals surface area contributed by atoms with Crippen LogP contribution in [0.4, 0.5) is 0 Å². The average Bonchev–Trinajstić information content (AvgIpc) is 3.26. The fourth-order valence-electron chi connectivity index (χ4n) is 2.65. The highest BCUT2D eigenvalue weighted by atomic mass is 16.4. The topological polar surface area (TPSA) is 280 Å². The number of rotatable bonds is 15. The molecule has 11 N–H and O–H groups in total. The lowest BCUT2D eigenvalue weighted by Crippen LogP contribution is -2.58. The number of hydrogen-bond donors (Lipinski definition) is 9. The summed E-state index contributed by atoms with van der Waals surface area (Å²) < 4.78 is 0. The smallest absolute Gasteiger partial charge is 0.328 e. The van der Waals surface area contributed by atoms with Crippen molar-refractivity contribution < 1.29 is 44.1 Å². The molecule has 0 aliphatic rings. The predicted octanol–water partition coefficient (Wildman–Crippen LogP) is -4.45. The number of aliphatic hydroxyl groups excluding tert-OH is 1. The van der Waals surface area contributed by atoms with E-state index in [0.717, 1.165) is 0 Å². The Kier molecular flexibility index (Phi) is 11.1. The van der Waals surface area contributed by atoms with Crippen LogP contribution in [0, 0.1) is 0 Å². The first-order valence-corrected chi connectivity index (χ1v) is 9.92. The van der Waals surface area contributed by atoms with Gasteiger partial charge in [0.2, 0.25) is 23.6 Å². The van der Waals surface area contributed by atoms with Gasteiger partial charge in [0, 0.05) is 24.7 Å². The normalized spacial score (nSPS) is 14.2. The van der Waals surface area contributed by atoms with E-state index in [1.165, 1.54) is 12.5 Å². The van der Waals surface area contributed by atoms with Crippen molar-refractivity contribution in [1.82, 2.24) is 25.9 Å². The van der Waals surface area contributed by atoms with Crippen molar-refractivity contribution in [3.63, 3.8) is 0 Å². The van der Waals surface area contributed by atoms with E-state index in [-0.39, 0.29) is 19.3 Å². The molecule has 16 heteroatoms. The second kappa shape index (κ2) is 13.5. The van der Waals surface area contributed by atoms with Crippen LogP contribution in [0.1, 0.15) is 25.0 Å². The Hall–Kier alpha value is -4.05. The molecule has 0 saturated heterocycles. The molecule has 0 spiro atoms. The highest BCUT2D eigenvalue weighted by Crippen LogP contribution is 2.04. The molecule has 1 rings (SSSR count). The molecular formula is C18H27N7O9. The van der Waals surface area contributed by atoms with Crippen molar-refractivity contribution in [3.8, 4) is 0 Å². The maximum absolute atomic E-state index is 12.9. The van der Waals surface area contributed by atoms with E-state index < -0.39 is 72.8 Å². The first-order chi connectivity index (χ1) is 15.9. The number of aromatic amines is 1. The third-order valence-corrected chi connectivity index (χ3v) is 4.46. The molecule has 188 valence electrons. The van der Waals surface area contributed by atoms with Gasteiger partial charge in [-0.15, -0.1) is 0 Å². The highest BCUT2D eigenvalue weighted by Gasteiger charge is 2.31. The van der Waals surface area contributed by atoms with Crippen LogP contribution in [0.15, 0.2) is 12.5 Å². The summed E-state index contributed by atoms with van der Waals surface area (Å²) in [4.78, 5) is 77.2. The molecule has 0 aliphatic carbocycles. The van der Waals surface area contributed by atoms with Gasteiger partial charge < -0.3 is 47.7 Å². The molecule has 4 atom stereocenters. The van der Waals surface area contributed by atoms with Gasteiger partial charge in [0.25, 0.3) is 0 Å². The van der Waals surface area contributed by atoms with Crippen molar-refractivity contribution in [3.05, 3.63) is 18.2 Å². The number of amides is 4. The van der Waals surface area contributed by atoms with Crippen LogP contribution < -0.4 is 27.4 Å². The zero-order chi connectivity index (χ0) is 25.8. The van der Waals surface area contributed by atoms with Gasteiger partial charge in [0.1, 0.15) is 18.1 Å². The van der Waals surface area contributed by atoms with Crippen molar-refractivity contribution in [1.29, 1.82) is 0 Å². The molecule has 4 unspecified atom stereocenters. The summed E-state index contributed by atoms with van der Waals surface area (Å²) in [5, 5.41) is 33.5. The van der Waals surface area contributed by atoms with Crippen LogP contribution in [0.3, 0.4) is 0 Å². The van der Waals surface area contributed by atoms with Crippen molar-refractivity contribution in [2.24, 2.45) is 11.5 Å². The summed E-state index contributed by atoms with van der Waals surface area (Å²) in [5.74, 6) is -6.72. The van der Waals surface area contributed by atoms with Crippen LogP contribution in [0.2, 0.25) is 0 Å². The van der Waals surface area contributed by atoms with Crippen LogP contribution in [-0.2, 0) is 35.2 Å². The van der Waals surface area contributed by atoms with Gasteiger partial charge in [-0.2, -0.15) is 0 Å². The average molecular weight is 485 g/mol. The molecule has 16 nitrogen and oxygen atoms in total. The lowest BCUT2D eigenvalue weighted by atomic mass is 10.1. The summed E-state index contributed by atoms with van der Waals surface area (Å²) in [6.07, 6.45) is 1.32. The molecule has 4 amide bonds. The second-order valence-electron chi connectivity index (χ2n) is 7.19. The fourth-order valence-corrected chi connectivity index (χ4v) is 2.65. The zero-order valence-electron chi connectivity index (χ0n) is 17.9. The number of aromatic nitrogens is 2. The summed E-state index contributed by atoms with van der Waals surface area (Å²) in [6.45, 7) is -0.976. The largest absolute Gasteiger partial charge is 0.481 e. The number of carbonyl (C=O) groups excluding carboxylic acids is 4. The maximum atomic E-state index is 12.9. The number of carbonyl (C=O) groups is 6. The first kappa shape index (κ1) is 28.0. The Labute approximate surface area is 192 Å². The van der Waals surface area contributed by atoms with Crippen molar-refractivity contribution in [2.45, 2.75) is 49.9 Å². The van der Waals surface area contributed by atoms with E-state index in [2.05, 4.69) is 20.6 Å². The SMILES string of the molecule is NC(=O)CCC(N)C(=O)NC(Cc1cnc[nH]1)C(=O)NC(CC(=O)O)C(=O)NC(CO)C(=O)O. The molecule has 0 radical (unpaired) electrons. The molecule has 0 aromatic carbocycles. The van der Waals surface area contributed by atoms with Crippen LogP contribution >= 0.6 is 0 Å². The van der Waals surface area contributed by atoms with Gasteiger partial charge in [-0.05, 0) is 6.42 Å². The molecule has 1 aromatic rings. The summed E-state index contributed by atoms with van der Waals surface area (Å²) in [7, 11) is 0. The number of H-pyrrole nitrogens is 1. The number of nitrogens with two attached hydrogens (primary N) is 2. The number of carboxylic acid groups (broad SMARTS) is 2. The highest BCUT2D eigenvalue weighted by molar-refractivity contribution is 5.95. The minimum Gasteiger partial charge on any atom is -0.481 e. The molecule has 0 bridgehead atoms. The van der Waals surface area contributed by atoms with E-state index in [1.54, 1.807) is 0 Å². The molecule has 1 aromatic heterocycles. The number of carboxylic acids is 2. The molecule has 0 saturated carbocycles. The molecule has 34 heavy (non-hydrogen) atoms. The van der Waals surface area contributed by atoms with Gasteiger partial charge >= 0.3 is 11.9 Å². The van der Waals surface area contributed by atoms with Crippen molar-refractivity contribution in [2.75, 3.05) is 6.61 Å². The monoisotopic (exact) mass is 485 g/mol. The van der Waals surface area contributed by atoms with Gasteiger partial charge in [-0.1, -0.05) is 0 Å².